The van der Waals surface area contributed by atoms with E-state index in [1.165, 1.54) is 12.8 Å². The molecule has 0 saturated heterocycles. The monoisotopic (exact) mass is 181 g/mol. The zero-order valence-corrected chi connectivity index (χ0v) is 9.51. The maximum absolute atomic E-state index is 8.28. The lowest BCUT2D eigenvalue weighted by atomic mass is 10.1. The van der Waals surface area contributed by atoms with E-state index in [1.54, 1.807) is 0 Å². The van der Waals surface area contributed by atoms with E-state index in [-0.39, 0.29) is 0 Å². The molecule has 0 fully saturated rings. The van der Waals surface area contributed by atoms with E-state index in [9.17, 15) is 0 Å². The van der Waals surface area contributed by atoms with Crippen molar-refractivity contribution in [3.63, 3.8) is 0 Å². The van der Waals surface area contributed by atoms with Crippen molar-refractivity contribution in [1.82, 2.24) is 0 Å². The Morgan fingerprint density at radius 3 is 1.46 bits per heavy atom. The summed E-state index contributed by atoms with van der Waals surface area (Å²) in [5, 5.41) is 8.28. The zero-order chi connectivity index (χ0) is 10.5. The number of allylic oxidation sites excluding steroid dienone is 2. The van der Waals surface area contributed by atoms with Crippen LogP contribution in [0.1, 0.15) is 53.4 Å². The van der Waals surface area contributed by atoms with Crippen LogP contribution in [-0.4, -0.2) is 0 Å². The number of hydrogen-bond acceptors (Lipinski definition) is 1. The van der Waals surface area contributed by atoms with E-state index in [4.69, 9.17) is 5.26 Å². The van der Waals surface area contributed by atoms with Crippen molar-refractivity contribution in [2.75, 3.05) is 0 Å². The van der Waals surface area contributed by atoms with Crippen molar-refractivity contribution >= 4 is 0 Å². The molecule has 0 aliphatic rings. The highest BCUT2D eigenvalue weighted by atomic mass is 14.3. The third-order valence-electron chi connectivity index (χ3n) is 1.81. The van der Waals surface area contributed by atoms with Crippen LogP contribution in [0.15, 0.2) is 12.2 Å². The van der Waals surface area contributed by atoms with Crippen LogP contribution in [0, 0.1) is 17.2 Å². The van der Waals surface area contributed by atoms with Gasteiger partial charge in [-0.3, -0.25) is 0 Å². The molecule has 0 heterocycles. The smallest absolute Gasteiger partial charge is 0.0655 e. The number of nitrogens with zero attached hydrogens (tertiary/aromatic N) is 1. The van der Waals surface area contributed by atoms with Crippen LogP contribution >= 0.6 is 0 Å². The molecule has 1 heteroatoms. The van der Waals surface area contributed by atoms with Gasteiger partial charge in [0.2, 0.25) is 0 Å². The first-order chi connectivity index (χ1) is 6.26. The molecule has 0 aromatic rings. The second-order valence-electron chi connectivity index (χ2n) is 2.93. The average molecular weight is 181 g/mol. The molecule has 0 atom stereocenters. The van der Waals surface area contributed by atoms with E-state index in [0.717, 1.165) is 12.8 Å². The molecule has 0 spiro atoms. The molecular weight excluding hydrogens is 158 g/mol. The molecule has 0 rings (SSSR count). The van der Waals surface area contributed by atoms with Crippen molar-refractivity contribution in [2.24, 2.45) is 5.92 Å². The van der Waals surface area contributed by atoms with Gasteiger partial charge in [-0.25, -0.2) is 0 Å². The first kappa shape index (κ1) is 14.7. The number of rotatable bonds is 4. The largest absolute Gasteiger partial charge is 0.198 e. The van der Waals surface area contributed by atoms with Crippen molar-refractivity contribution in [3.8, 4) is 6.07 Å². The number of nitriles is 1. The van der Waals surface area contributed by atoms with Gasteiger partial charge < -0.3 is 0 Å². The van der Waals surface area contributed by atoms with E-state index >= 15 is 0 Å². The molecule has 0 radical (unpaired) electrons. The molecular formula is C12H23N. The van der Waals surface area contributed by atoms with Crippen molar-refractivity contribution in [3.05, 3.63) is 12.2 Å². The van der Waals surface area contributed by atoms with Gasteiger partial charge in [-0.1, -0.05) is 39.8 Å². The fourth-order valence-electron chi connectivity index (χ4n) is 0.805. The van der Waals surface area contributed by atoms with Crippen molar-refractivity contribution in [2.45, 2.75) is 53.4 Å². The summed E-state index contributed by atoms with van der Waals surface area (Å²) in [7, 11) is 0. The molecule has 1 nitrogen and oxygen atoms in total. The van der Waals surface area contributed by atoms with Crippen molar-refractivity contribution in [1.29, 1.82) is 5.26 Å². The maximum atomic E-state index is 8.28. The van der Waals surface area contributed by atoms with E-state index in [2.05, 4.69) is 32.1 Å². The van der Waals surface area contributed by atoms with Crippen LogP contribution in [0.2, 0.25) is 0 Å². The SMILES string of the molecule is CC/C=C/CC.CCC(C#N)CC. The van der Waals surface area contributed by atoms with E-state index < -0.39 is 0 Å². The fraction of sp³-hybridized carbons (Fsp3) is 0.750. The lowest BCUT2D eigenvalue weighted by molar-refractivity contribution is 0.620. The van der Waals surface area contributed by atoms with Crippen LogP contribution in [0.25, 0.3) is 0 Å². The maximum Gasteiger partial charge on any atom is 0.0655 e. The second kappa shape index (κ2) is 13.8. The van der Waals surface area contributed by atoms with Crippen LogP contribution in [0.3, 0.4) is 0 Å². The molecule has 13 heavy (non-hydrogen) atoms. The van der Waals surface area contributed by atoms with Crippen LogP contribution in [0.4, 0.5) is 0 Å². The second-order valence-corrected chi connectivity index (χ2v) is 2.93. The van der Waals surface area contributed by atoms with Crippen molar-refractivity contribution < 1.29 is 0 Å². The third kappa shape index (κ3) is 14.1. The summed E-state index contributed by atoms with van der Waals surface area (Å²) in [5.74, 6) is 0.292. The summed E-state index contributed by atoms with van der Waals surface area (Å²) in [6.07, 6.45) is 8.70. The number of hydrogen-bond donors (Lipinski definition) is 0. The Morgan fingerprint density at radius 1 is 1.00 bits per heavy atom. The summed E-state index contributed by atoms with van der Waals surface area (Å²) in [5.41, 5.74) is 0. The molecule has 0 bridgehead atoms. The summed E-state index contributed by atoms with van der Waals surface area (Å²) >= 11 is 0. The Kier molecular flexibility index (Phi) is 15.6. The predicted molar refractivity (Wildman–Crippen MR) is 59.4 cm³/mol. The summed E-state index contributed by atoms with van der Waals surface area (Å²) in [6, 6.07) is 2.20. The highest BCUT2D eigenvalue weighted by molar-refractivity contribution is 4.79. The summed E-state index contributed by atoms with van der Waals surface area (Å²) in [6.45, 7) is 8.37. The Hall–Kier alpha value is -0.770. The van der Waals surface area contributed by atoms with Gasteiger partial charge >= 0.3 is 0 Å². The van der Waals surface area contributed by atoms with Gasteiger partial charge in [0.1, 0.15) is 0 Å². The molecule has 0 saturated carbocycles. The molecule has 76 valence electrons. The first-order valence-corrected chi connectivity index (χ1v) is 5.31. The van der Waals surface area contributed by atoms with Crippen LogP contribution in [-0.2, 0) is 0 Å². The van der Waals surface area contributed by atoms with Gasteiger partial charge in [-0.2, -0.15) is 5.26 Å². The molecule has 0 aromatic heterocycles. The molecule has 0 aliphatic heterocycles. The molecule has 0 unspecified atom stereocenters. The Bertz CT molecular complexity index is 132. The topological polar surface area (TPSA) is 23.8 Å². The first-order valence-electron chi connectivity index (χ1n) is 5.31. The molecule has 0 amide bonds. The van der Waals surface area contributed by atoms with Gasteiger partial charge in [0.25, 0.3) is 0 Å². The van der Waals surface area contributed by atoms with Gasteiger partial charge in [-0.15, -0.1) is 0 Å². The fourth-order valence-corrected chi connectivity index (χ4v) is 0.805. The van der Waals surface area contributed by atoms with Gasteiger partial charge in [0, 0.05) is 5.92 Å². The lowest BCUT2D eigenvalue weighted by Crippen LogP contribution is -1.88. The van der Waals surface area contributed by atoms with Crippen LogP contribution in [0.5, 0.6) is 0 Å². The lowest BCUT2D eigenvalue weighted by Gasteiger charge is -1.95. The highest BCUT2D eigenvalue weighted by Crippen LogP contribution is 2.03. The minimum atomic E-state index is 0.292. The van der Waals surface area contributed by atoms with E-state index in [1.807, 2.05) is 13.8 Å². The zero-order valence-electron chi connectivity index (χ0n) is 9.51. The van der Waals surface area contributed by atoms with E-state index in [0.29, 0.717) is 5.92 Å². The quantitative estimate of drug-likeness (QED) is 0.593. The third-order valence-corrected chi connectivity index (χ3v) is 1.81. The Morgan fingerprint density at radius 2 is 1.38 bits per heavy atom. The Balaban J connectivity index is 0. The molecule has 0 aliphatic carbocycles. The minimum absolute atomic E-state index is 0.292. The predicted octanol–water partition coefficient (Wildman–Crippen LogP) is 4.31. The van der Waals surface area contributed by atoms with Gasteiger partial charge in [0.15, 0.2) is 0 Å². The summed E-state index contributed by atoms with van der Waals surface area (Å²) in [4.78, 5) is 0. The highest BCUT2D eigenvalue weighted by Gasteiger charge is 1.96. The molecule has 0 N–H and O–H groups in total. The summed E-state index contributed by atoms with van der Waals surface area (Å²) < 4.78 is 0. The Labute approximate surface area is 83.5 Å². The van der Waals surface area contributed by atoms with Crippen LogP contribution < -0.4 is 0 Å². The minimum Gasteiger partial charge on any atom is -0.198 e. The average Bonchev–Trinajstić information content (AvgIpc) is 2.18. The van der Waals surface area contributed by atoms with Gasteiger partial charge in [0.05, 0.1) is 6.07 Å². The standard InChI is InChI=1S/C6H11N.C6H12/c1-3-6(4-2)5-7;1-3-5-6-4-2/h6H,3-4H2,1-2H3;5-6H,3-4H2,1-2H3/b;6-5+. The molecule has 0 aromatic carbocycles. The van der Waals surface area contributed by atoms with Gasteiger partial charge in [-0.05, 0) is 25.7 Å². The normalized spacial score (nSPS) is 9.54.